The Labute approximate surface area is 137 Å². The number of hydrogen-bond donors (Lipinski definition) is 1. The number of benzene rings is 2. The summed E-state index contributed by atoms with van der Waals surface area (Å²) in [6, 6.07) is 13.6. The number of aromatic nitrogens is 2. The van der Waals surface area contributed by atoms with E-state index in [0.29, 0.717) is 10.3 Å². The molecule has 3 aromatic rings. The first-order valence-corrected chi connectivity index (χ1v) is 7.71. The summed E-state index contributed by atoms with van der Waals surface area (Å²) in [7, 11) is 0. The van der Waals surface area contributed by atoms with E-state index in [-0.39, 0.29) is 0 Å². The molecule has 0 fully saturated rings. The van der Waals surface area contributed by atoms with Gasteiger partial charge in [-0.1, -0.05) is 12.1 Å². The average molecular weight is 409 g/mol. The molecule has 1 heterocycles. The highest BCUT2D eigenvalue weighted by molar-refractivity contribution is 9.11. The van der Waals surface area contributed by atoms with Gasteiger partial charge in [-0.2, -0.15) is 5.26 Å². The molecular formula is C14H7Br2N3S. The summed E-state index contributed by atoms with van der Waals surface area (Å²) < 4.78 is 4.31. The van der Waals surface area contributed by atoms with Gasteiger partial charge in [0.1, 0.15) is 6.07 Å². The van der Waals surface area contributed by atoms with Crippen molar-refractivity contribution in [3.8, 4) is 11.8 Å². The normalized spacial score (nSPS) is 10.7. The molecule has 0 spiro atoms. The fraction of sp³-hybridized carbons (Fsp3) is 0. The van der Waals surface area contributed by atoms with Gasteiger partial charge >= 0.3 is 0 Å². The minimum atomic E-state index is 0.551. The lowest BCUT2D eigenvalue weighted by Crippen LogP contribution is -1.96. The highest BCUT2D eigenvalue weighted by Gasteiger charge is 2.14. The van der Waals surface area contributed by atoms with E-state index in [9.17, 15) is 5.26 Å². The van der Waals surface area contributed by atoms with Gasteiger partial charge in [0.05, 0.1) is 22.3 Å². The van der Waals surface area contributed by atoms with Gasteiger partial charge < -0.3 is 4.98 Å². The van der Waals surface area contributed by atoms with E-state index in [1.54, 1.807) is 6.07 Å². The summed E-state index contributed by atoms with van der Waals surface area (Å²) in [5, 5.41) is 9.18. The number of fused-ring (bicyclic) bond motifs is 1. The van der Waals surface area contributed by atoms with Crippen LogP contribution in [0.3, 0.4) is 0 Å². The molecule has 0 aliphatic rings. The maximum absolute atomic E-state index is 9.18. The largest absolute Gasteiger partial charge is 0.329 e. The molecule has 6 heteroatoms. The first-order chi connectivity index (χ1) is 9.63. The second-order valence-corrected chi connectivity index (χ2v) is 6.24. The molecule has 98 valence electrons. The predicted molar refractivity (Wildman–Crippen MR) is 88.6 cm³/mol. The molecule has 0 atom stereocenters. The van der Waals surface area contributed by atoms with Crippen LogP contribution in [-0.4, -0.2) is 9.55 Å². The third-order valence-corrected chi connectivity index (χ3v) is 4.56. The monoisotopic (exact) mass is 407 g/mol. The van der Waals surface area contributed by atoms with Crippen LogP contribution in [0.4, 0.5) is 0 Å². The van der Waals surface area contributed by atoms with Crippen molar-refractivity contribution in [3.63, 3.8) is 0 Å². The molecule has 0 unspecified atom stereocenters. The van der Waals surface area contributed by atoms with Crippen LogP contribution in [0.1, 0.15) is 5.56 Å². The Balaban J connectivity index is 2.48. The van der Waals surface area contributed by atoms with Crippen LogP contribution in [0.5, 0.6) is 0 Å². The van der Waals surface area contributed by atoms with E-state index >= 15 is 0 Å². The molecule has 0 aliphatic carbocycles. The van der Waals surface area contributed by atoms with Gasteiger partial charge in [-0.3, -0.25) is 4.57 Å². The van der Waals surface area contributed by atoms with Crippen LogP contribution in [0.25, 0.3) is 16.7 Å². The van der Waals surface area contributed by atoms with Crippen molar-refractivity contribution in [1.82, 2.24) is 9.55 Å². The molecule has 1 aromatic heterocycles. The maximum Gasteiger partial charge on any atom is 0.182 e. The van der Waals surface area contributed by atoms with Crippen LogP contribution in [-0.2, 0) is 0 Å². The molecule has 0 bridgehead atoms. The van der Waals surface area contributed by atoms with Crippen LogP contribution in [0.2, 0.25) is 0 Å². The number of nitrogens with zero attached hydrogens (tertiary/aromatic N) is 2. The first-order valence-electron chi connectivity index (χ1n) is 5.71. The second kappa shape index (κ2) is 5.17. The number of nitriles is 1. The SMILES string of the molecule is N#Cc1cccc2c1[nH]c(=S)n2-c1c(Br)cccc1Br. The molecule has 2 aromatic carbocycles. The van der Waals surface area contributed by atoms with E-state index in [1.165, 1.54) is 0 Å². The molecule has 3 rings (SSSR count). The summed E-state index contributed by atoms with van der Waals surface area (Å²) in [5.74, 6) is 0. The summed E-state index contributed by atoms with van der Waals surface area (Å²) in [4.78, 5) is 3.11. The smallest absolute Gasteiger partial charge is 0.182 e. The van der Waals surface area contributed by atoms with Crippen molar-refractivity contribution in [3.05, 3.63) is 55.7 Å². The Morgan fingerprint density at radius 1 is 1.10 bits per heavy atom. The fourth-order valence-electron chi connectivity index (χ4n) is 2.15. The first kappa shape index (κ1) is 13.6. The van der Waals surface area contributed by atoms with Crippen molar-refractivity contribution in [2.24, 2.45) is 0 Å². The number of rotatable bonds is 1. The van der Waals surface area contributed by atoms with Crippen molar-refractivity contribution in [2.45, 2.75) is 0 Å². The highest BCUT2D eigenvalue weighted by atomic mass is 79.9. The molecular weight excluding hydrogens is 402 g/mol. The lowest BCUT2D eigenvalue weighted by molar-refractivity contribution is 1.05. The van der Waals surface area contributed by atoms with E-state index < -0.39 is 0 Å². The van der Waals surface area contributed by atoms with Gasteiger partial charge in [-0.05, 0) is 68.3 Å². The standard InChI is InChI=1S/C14H7Br2N3S/c15-9-4-2-5-10(16)13(9)19-11-6-1-3-8(7-17)12(11)18-14(19)20/h1-6H,(H,18,20). The minimum absolute atomic E-state index is 0.551. The van der Waals surface area contributed by atoms with E-state index in [0.717, 1.165) is 25.7 Å². The van der Waals surface area contributed by atoms with Crippen molar-refractivity contribution in [1.29, 1.82) is 5.26 Å². The van der Waals surface area contributed by atoms with E-state index in [1.807, 2.05) is 34.9 Å². The van der Waals surface area contributed by atoms with Crippen LogP contribution < -0.4 is 0 Å². The van der Waals surface area contributed by atoms with Crippen LogP contribution in [0.15, 0.2) is 45.3 Å². The topological polar surface area (TPSA) is 44.5 Å². The summed E-state index contributed by atoms with van der Waals surface area (Å²) in [6.07, 6.45) is 0. The van der Waals surface area contributed by atoms with Gasteiger partial charge in [0.2, 0.25) is 0 Å². The zero-order chi connectivity index (χ0) is 14.3. The zero-order valence-corrected chi connectivity index (χ0v) is 14.0. The molecule has 3 nitrogen and oxygen atoms in total. The van der Waals surface area contributed by atoms with Gasteiger partial charge in [-0.25, -0.2) is 0 Å². The Morgan fingerprint density at radius 2 is 1.75 bits per heavy atom. The minimum Gasteiger partial charge on any atom is -0.329 e. The number of nitrogens with one attached hydrogen (secondary N) is 1. The van der Waals surface area contributed by atoms with Gasteiger partial charge in [0.15, 0.2) is 4.77 Å². The Morgan fingerprint density at radius 3 is 2.40 bits per heavy atom. The Kier molecular flexibility index (Phi) is 3.50. The van der Waals surface area contributed by atoms with Crippen LogP contribution >= 0.6 is 44.1 Å². The van der Waals surface area contributed by atoms with Crippen LogP contribution in [0, 0.1) is 16.1 Å². The number of hydrogen-bond acceptors (Lipinski definition) is 2. The van der Waals surface area contributed by atoms with Gasteiger partial charge in [0.25, 0.3) is 0 Å². The molecule has 1 N–H and O–H groups in total. The van der Waals surface area contributed by atoms with Crippen molar-refractivity contribution >= 4 is 55.1 Å². The second-order valence-electron chi connectivity index (χ2n) is 4.15. The zero-order valence-electron chi connectivity index (χ0n) is 10.0. The molecule has 0 amide bonds. The Hall–Kier alpha value is -1.42. The molecule has 0 aliphatic heterocycles. The number of imidazole rings is 1. The quantitative estimate of drug-likeness (QED) is 0.570. The lowest BCUT2D eigenvalue weighted by atomic mass is 10.2. The average Bonchev–Trinajstić information content (AvgIpc) is 2.75. The summed E-state index contributed by atoms with van der Waals surface area (Å²) >= 11 is 12.5. The molecule has 0 saturated heterocycles. The molecule has 0 radical (unpaired) electrons. The highest BCUT2D eigenvalue weighted by Crippen LogP contribution is 2.32. The molecule has 20 heavy (non-hydrogen) atoms. The number of H-pyrrole nitrogens is 1. The lowest BCUT2D eigenvalue weighted by Gasteiger charge is -2.09. The predicted octanol–water partition coefficient (Wildman–Crippen LogP) is 5.08. The summed E-state index contributed by atoms with van der Waals surface area (Å²) in [5.41, 5.74) is 3.12. The van der Waals surface area contributed by atoms with E-state index in [4.69, 9.17) is 12.2 Å². The summed E-state index contributed by atoms with van der Waals surface area (Å²) in [6.45, 7) is 0. The maximum atomic E-state index is 9.18. The third kappa shape index (κ3) is 2.03. The number of para-hydroxylation sites is 2. The van der Waals surface area contributed by atoms with Gasteiger partial charge in [-0.15, -0.1) is 0 Å². The molecule has 0 saturated carbocycles. The third-order valence-electron chi connectivity index (χ3n) is 3.00. The van der Waals surface area contributed by atoms with Crippen molar-refractivity contribution in [2.75, 3.05) is 0 Å². The Bertz CT molecular complexity index is 898. The fourth-order valence-corrected chi connectivity index (χ4v) is 3.79. The van der Waals surface area contributed by atoms with Gasteiger partial charge in [0, 0.05) is 8.95 Å². The number of halogens is 2. The van der Waals surface area contributed by atoms with Crippen molar-refractivity contribution < 1.29 is 0 Å². The number of aromatic amines is 1. The van der Waals surface area contributed by atoms with E-state index in [2.05, 4.69) is 42.9 Å².